The SMILES string of the molecule is CCC(C)(O)COc1ccccc1CCO. The average molecular weight is 224 g/mol. The predicted octanol–water partition coefficient (Wildman–Crippen LogP) is 1.76. The number of hydrogen-bond acceptors (Lipinski definition) is 3. The summed E-state index contributed by atoms with van der Waals surface area (Å²) in [5, 5.41) is 18.7. The maximum absolute atomic E-state index is 9.83. The van der Waals surface area contributed by atoms with Gasteiger partial charge in [0, 0.05) is 6.61 Å². The predicted molar refractivity (Wildman–Crippen MR) is 63.6 cm³/mol. The van der Waals surface area contributed by atoms with Gasteiger partial charge in [-0.1, -0.05) is 25.1 Å². The number of benzene rings is 1. The van der Waals surface area contributed by atoms with Crippen molar-refractivity contribution in [1.82, 2.24) is 0 Å². The van der Waals surface area contributed by atoms with Gasteiger partial charge < -0.3 is 14.9 Å². The van der Waals surface area contributed by atoms with Crippen molar-refractivity contribution in [2.45, 2.75) is 32.3 Å². The molecule has 1 aromatic rings. The molecule has 0 amide bonds. The van der Waals surface area contributed by atoms with E-state index >= 15 is 0 Å². The Morgan fingerprint density at radius 2 is 2.00 bits per heavy atom. The molecule has 1 atom stereocenters. The van der Waals surface area contributed by atoms with Gasteiger partial charge in [-0.05, 0) is 31.4 Å². The van der Waals surface area contributed by atoms with E-state index in [2.05, 4.69) is 0 Å². The van der Waals surface area contributed by atoms with Gasteiger partial charge in [0.05, 0.1) is 5.60 Å². The molecule has 0 saturated carbocycles. The van der Waals surface area contributed by atoms with E-state index < -0.39 is 5.60 Å². The zero-order valence-electron chi connectivity index (χ0n) is 9.94. The Kier molecular flexibility index (Phi) is 4.77. The van der Waals surface area contributed by atoms with Crippen molar-refractivity contribution in [1.29, 1.82) is 0 Å². The molecule has 16 heavy (non-hydrogen) atoms. The van der Waals surface area contributed by atoms with Crippen LogP contribution >= 0.6 is 0 Å². The second-order valence-electron chi connectivity index (χ2n) is 4.22. The molecule has 1 unspecified atom stereocenters. The number of ether oxygens (including phenoxy) is 1. The molecule has 0 aliphatic carbocycles. The van der Waals surface area contributed by atoms with Gasteiger partial charge in [0.2, 0.25) is 0 Å². The van der Waals surface area contributed by atoms with E-state index in [0.29, 0.717) is 12.8 Å². The van der Waals surface area contributed by atoms with Crippen molar-refractivity contribution in [3.8, 4) is 5.75 Å². The van der Waals surface area contributed by atoms with E-state index in [0.717, 1.165) is 11.3 Å². The molecule has 0 saturated heterocycles. The number of rotatable bonds is 6. The molecule has 3 nitrogen and oxygen atoms in total. The van der Waals surface area contributed by atoms with Crippen molar-refractivity contribution in [3.05, 3.63) is 29.8 Å². The van der Waals surface area contributed by atoms with Gasteiger partial charge in [-0.3, -0.25) is 0 Å². The first kappa shape index (κ1) is 13.0. The van der Waals surface area contributed by atoms with Gasteiger partial charge in [-0.15, -0.1) is 0 Å². The minimum atomic E-state index is -0.799. The highest BCUT2D eigenvalue weighted by Crippen LogP contribution is 2.20. The number of hydrogen-bond donors (Lipinski definition) is 2. The number of para-hydroxylation sites is 1. The van der Waals surface area contributed by atoms with Gasteiger partial charge in [-0.2, -0.15) is 0 Å². The molecule has 0 aliphatic heterocycles. The highest BCUT2D eigenvalue weighted by Gasteiger charge is 2.18. The smallest absolute Gasteiger partial charge is 0.122 e. The molecule has 90 valence electrons. The maximum atomic E-state index is 9.83. The summed E-state index contributed by atoms with van der Waals surface area (Å²) in [7, 11) is 0. The average Bonchev–Trinajstić information content (AvgIpc) is 2.28. The largest absolute Gasteiger partial charge is 0.490 e. The van der Waals surface area contributed by atoms with E-state index in [4.69, 9.17) is 9.84 Å². The highest BCUT2D eigenvalue weighted by atomic mass is 16.5. The quantitative estimate of drug-likeness (QED) is 0.774. The molecule has 0 bridgehead atoms. The van der Waals surface area contributed by atoms with Crippen LogP contribution in [0.5, 0.6) is 5.75 Å². The lowest BCUT2D eigenvalue weighted by atomic mass is 10.1. The summed E-state index contributed by atoms with van der Waals surface area (Å²) in [5.74, 6) is 0.741. The fourth-order valence-electron chi connectivity index (χ4n) is 1.31. The Morgan fingerprint density at radius 3 is 2.62 bits per heavy atom. The molecule has 3 heteroatoms. The lowest BCUT2D eigenvalue weighted by molar-refractivity contribution is 0.00815. The van der Waals surface area contributed by atoms with Crippen LogP contribution in [0.3, 0.4) is 0 Å². The summed E-state index contributed by atoms with van der Waals surface area (Å²) in [6, 6.07) is 7.58. The highest BCUT2D eigenvalue weighted by molar-refractivity contribution is 5.33. The monoisotopic (exact) mass is 224 g/mol. The van der Waals surface area contributed by atoms with Gasteiger partial charge in [0.15, 0.2) is 0 Å². The Morgan fingerprint density at radius 1 is 1.31 bits per heavy atom. The number of aliphatic hydroxyl groups is 2. The van der Waals surface area contributed by atoms with E-state index in [1.54, 1.807) is 6.92 Å². The van der Waals surface area contributed by atoms with Crippen LogP contribution in [0.15, 0.2) is 24.3 Å². The minimum Gasteiger partial charge on any atom is -0.490 e. The molecule has 0 radical (unpaired) electrons. The topological polar surface area (TPSA) is 49.7 Å². The molecule has 0 aliphatic rings. The first-order chi connectivity index (χ1) is 7.59. The lowest BCUT2D eigenvalue weighted by Crippen LogP contribution is -2.31. The van der Waals surface area contributed by atoms with Crippen LogP contribution in [-0.2, 0) is 6.42 Å². The van der Waals surface area contributed by atoms with E-state index in [-0.39, 0.29) is 13.2 Å². The summed E-state index contributed by atoms with van der Waals surface area (Å²) in [4.78, 5) is 0. The normalized spacial score (nSPS) is 14.5. The van der Waals surface area contributed by atoms with Crippen molar-refractivity contribution in [2.75, 3.05) is 13.2 Å². The summed E-state index contributed by atoms with van der Waals surface area (Å²) in [6.07, 6.45) is 1.22. The second kappa shape index (κ2) is 5.87. The standard InChI is InChI=1S/C13H20O3/c1-3-13(2,15)10-16-12-7-5-4-6-11(12)8-9-14/h4-7,14-15H,3,8-10H2,1-2H3. The molecular weight excluding hydrogens is 204 g/mol. The van der Waals surface area contributed by atoms with Gasteiger partial charge in [-0.25, -0.2) is 0 Å². The van der Waals surface area contributed by atoms with Crippen LogP contribution in [0.25, 0.3) is 0 Å². The molecule has 1 rings (SSSR count). The summed E-state index contributed by atoms with van der Waals surface area (Å²) in [6.45, 7) is 4.04. The Hall–Kier alpha value is -1.06. The van der Waals surface area contributed by atoms with Crippen molar-refractivity contribution in [3.63, 3.8) is 0 Å². The van der Waals surface area contributed by atoms with Gasteiger partial charge in [0.1, 0.15) is 12.4 Å². The third-order valence-electron chi connectivity index (χ3n) is 2.65. The lowest BCUT2D eigenvalue weighted by Gasteiger charge is -2.22. The van der Waals surface area contributed by atoms with E-state index in [1.165, 1.54) is 0 Å². The summed E-state index contributed by atoms with van der Waals surface area (Å²) in [5.41, 5.74) is 0.170. The first-order valence-corrected chi connectivity index (χ1v) is 5.63. The fraction of sp³-hybridized carbons (Fsp3) is 0.538. The van der Waals surface area contributed by atoms with Crippen LogP contribution in [-0.4, -0.2) is 29.0 Å². The van der Waals surface area contributed by atoms with Crippen LogP contribution in [0.2, 0.25) is 0 Å². The zero-order valence-corrected chi connectivity index (χ0v) is 9.94. The van der Waals surface area contributed by atoms with Crippen LogP contribution < -0.4 is 4.74 Å². The maximum Gasteiger partial charge on any atom is 0.122 e. The molecular formula is C13H20O3. The summed E-state index contributed by atoms with van der Waals surface area (Å²) < 4.78 is 5.58. The Balaban J connectivity index is 2.66. The summed E-state index contributed by atoms with van der Waals surface area (Å²) >= 11 is 0. The third-order valence-corrected chi connectivity index (χ3v) is 2.65. The first-order valence-electron chi connectivity index (χ1n) is 5.63. The van der Waals surface area contributed by atoms with Crippen LogP contribution in [0, 0.1) is 0 Å². The minimum absolute atomic E-state index is 0.102. The molecule has 0 aromatic heterocycles. The van der Waals surface area contributed by atoms with E-state index in [9.17, 15) is 5.11 Å². The van der Waals surface area contributed by atoms with Crippen molar-refractivity contribution in [2.24, 2.45) is 0 Å². The van der Waals surface area contributed by atoms with Crippen molar-refractivity contribution >= 4 is 0 Å². The van der Waals surface area contributed by atoms with Crippen LogP contribution in [0.1, 0.15) is 25.8 Å². The zero-order chi connectivity index (χ0) is 12.0. The van der Waals surface area contributed by atoms with Crippen molar-refractivity contribution < 1.29 is 14.9 Å². The fourth-order valence-corrected chi connectivity index (χ4v) is 1.31. The third kappa shape index (κ3) is 3.83. The Bertz CT molecular complexity index is 321. The molecule has 0 spiro atoms. The second-order valence-corrected chi connectivity index (χ2v) is 4.22. The Labute approximate surface area is 96.7 Å². The molecule has 2 N–H and O–H groups in total. The molecule has 0 fully saturated rings. The van der Waals surface area contributed by atoms with Gasteiger partial charge >= 0.3 is 0 Å². The van der Waals surface area contributed by atoms with E-state index in [1.807, 2.05) is 31.2 Å². The molecule has 1 aromatic carbocycles. The van der Waals surface area contributed by atoms with Gasteiger partial charge in [0.25, 0.3) is 0 Å². The van der Waals surface area contributed by atoms with Crippen LogP contribution in [0.4, 0.5) is 0 Å². The molecule has 0 heterocycles. The number of aliphatic hydroxyl groups excluding tert-OH is 1.